The minimum absolute atomic E-state index is 0.192. The van der Waals surface area contributed by atoms with E-state index in [9.17, 15) is 4.79 Å². The minimum atomic E-state index is -0.192. The molecule has 7 nitrogen and oxygen atoms in total. The molecule has 0 radical (unpaired) electrons. The van der Waals surface area contributed by atoms with E-state index in [1.807, 2.05) is 65.5 Å². The summed E-state index contributed by atoms with van der Waals surface area (Å²) in [5.41, 5.74) is 3.89. The van der Waals surface area contributed by atoms with E-state index < -0.39 is 0 Å². The molecule has 0 aliphatic carbocycles. The zero-order valence-electron chi connectivity index (χ0n) is 18.0. The van der Waals surface area contributed by atoms with E-state index in [2.05, 4.69) is 38.5 Å². The van der Waals surface area contributed by atoms with Crippen LogP contribution in [0, 0.1) is 0 Å². The molecule has 0 atom stereocenters. The lowest BCUT2D eigenvalue weighted by molar-refractivity contribution is 0.252. The van der Waals surface area contributed by atoms with E-state index in [-0.39, 0.29) is 6.03 Å². The van der Waals surface area contributed by atoms with Crippen molar-refractivity contribution in [3.8, 4) is 5.69 Å². The Balaban J connectivity index is 1.28. The van der Waals surface area contributed by atoms with Crippen molar-refractivity contribution in [2.45, 2.75) is 13.3 Å². The van der Waals surface area contributed by atoms with Crippen LogP contribution in [0.15, 0.2) is 66.9 Å². The van der Waals surface area contributed by atoms with Crippen LogP contribution < -0.4 is 15.5 Å². The third-order valence-electron chi connectivity index (χ3n) is 5.64. The van der Waals surface area contributed by atoms with Gasteiger partial charge in [0.2, 0.25) is 0 Å². The van der Waals surface area contributed by atoms with Crippen molar-refractivity contribution in [1.82, 2.24) is 20.0 Å². The standard InChI is InChI=1S/C24H30N6O/c1-2-28-16-18-29(19-17-28)23-11-7-6-10-22(23)26-24(31)25-14-12-20-13-15-30(27-20)21-8-4-3-5-9-21/h3-11,13,15H,2,12,14,16-19H2,1H3,(H2,25,26,31). The van der Waals surface area contributed by atoms with Crippen LogP contribution in [0.3, 0.4) is 0 Å². The van der Waals surface area contributed by atoms with Gasteiger partial charge in [-0.1, -0.05) is 37.3 Å². The molecule has 3 aromatic rings. The van der Waals surface area contributed by atoms with Gasteiger partial charge in [0.15, 0.2) is 0 Å². The quantitative estimate of drug-likeness (QED) is 0.617. The Morgan fingerprint density at radius 1 is 0.968 bits per heavy atom. The van der Waals surface area contributed by atoms with Crippen molar-refractivity contribution >= 4 is 17.4 Å². The number of hydrogen-bond donors (Lipinski definition) is 2. The summed E-state index contributed by atoms with van der Waals surface area (Å²) in [6.07, 6.45) is 2.62. The molecule has 1 aromatic heterocycles. The second kappa shape index (κ2) is 10.1. The number of para-hydroxylation sites is 3. The largest absolute Gasteiger partial charge is 0.367 e. The number of piperazine rings is 1. The van der Waals surface area contributed by atoms with Crippen molar-refractivity contribution in [2.75, 3.05) is 49.5 Å². The number of nitrogens with zero attached hydrogens (tertiary/aromatic N) is 4. The monoisotopic (exact) mass is 418 g/mol. The van der Waals surface area contributed by atoms with E-state index >= 15 is 0 Å². The molecule has 4 rings (SSSR count). The SMILES string of the molecule is CCN1CCN(c2ccccc2NC(=O)NCCc2ccn(-c3ccccc3)n2)CC1. The first-order valence-electron chi connectivity index (χ1n) is 10.9. The molecular formula is C24H30N6O. The predicted molar refractivity (Wildman–Crippen MR) is 125 cm³/mol. The van der Waals surface area contributed by atoms with Crippen LogP contribution in [0.25, 0.3) is 5.69 Å². The third kappa shape index (κ3) is 5.44. The summed E-state index contributed by atoms with van der Waals surface area (Å²) in [6.45, 7) is 7.84. The Bertz CT molecular complexity index is 978. The second-order valence-corrected chi connectivity index (χ2v) is 7.66. The van der Waals surface area contributed by atoms with Crippen molar-refractivity contribution < 1.29 is 4.79 Å². The van der Waals surface area contributed by atoms with Crippen molar-refractivity contribution in [2.24, 2.45) is 0 Å². The van der Waals surface area contributed by atoms with Crippen LogP contribution in [0.4, 0.5) is 16.2 Å². The maximum atomic E-state index is 12.5. The van der Waals surface area contributed by atoms with Gasteiger partial charge in [0.1, 0.15) is 0 Å². The van der Waals surface area contributed by atoms with E-state index in [1.165, 1.54) is 0 Å². The minimum Gasteiger partial charge on any atom is -0.367 e. The number of rotatable bonds is 7. The Labute approximate surface area is 183 Å². The summed E-state index contributed by atoms with van der Waals surface area (Å²) >= 11 is 0. The smallest absolute Gasteiger partial charge is 0.319 e. The topological polar surface area (TPSA) is 65.4 Å². The molecule has 2 aromatic carbocycles. The summed E-state index contributed by atoms with van der Waals surface area (Å²) in [4.78, 5) is 17.3. The molecule has 0 spiro atoms. The third-order valence-corrected chi connectivity index (χ3v) is 5.64. The zero-order chi connectivity index (χ0) is 21.5. The average molecular weight is 419 g/mol. The Morgan fingerprint density at radius 3 is 2.48 bits per heavy atom. The zero-order valence-corrected chi connectivity index (χ0v) is 18.0. The maximum absolute atomic E-state index is 12.5. The first kappa shape index (κ1) is 20.9. The Kier molecular flexibility index (Phi) is 6.84. The van der Waals surface area contributed by atoms with Gasteiger partial charge in [-0.2, -0.15) is 5.10 Å². The van der Waals surface area contributed by atoms with Gasteiger partial charge >= 0.3 is 6.03 Å². The van der Waals surface area contributed by atoms with E-state index in [1.54, 1.807) is 0 Å². The number of hydrogen-bond acceptors (Lipinski definition) is 4. The van der Waals surface area contributed by atoms with Gasteiger partial charge in [-0.05, 0) is 36.9 Å². The molecular weight excluding hydrogens is 388 g/mol. The summed E-state index contributed by atoms with van der Waals surface area (Å²) in [5.74, 6) is 0. The van der Waals surface area contributed by atoms with E-state index in [0.717, 1.165) is 55.5 Å². The van der Waals surface area contributed by atoms with Gasteiger partial charge in [-0.25, -0.2) is 9.48 Å². The normalized spacial score (nSPS) is 14.4. The molecule has 31 heavy (non-hydrogen) atoms. The van der Waals surface area contributed by atoms with Crippen LogP contribution in [0.5, 0.6) is 0 Å². The van der Waals surface area contributed by atoms with Crippen LogP contribution >= 0.6 is 0 Å². The van der Waals surface area contributed by atoms with Gasteiger partial charge in [-0.15, -0.1) is 0 Å². The van der Waals surface area contributed by atoms with E-state index in [0.29, 0.717) is 13.0 Å². The lowest BCUT2D eigenvalue weighted by Crippen LogP contribution is -2.46. The number of urea groups is 1. The van der Waals surface area contributed by atoms with E-state index in [4.69, 9.17) is 0 Å². The lowest BCUT2D eigenvalue weighted by Gasteiger charge is -2.36. The van der Waals surface area contributed by atoms with Gasteiger partial charge < -0.3 is 20.4 Å². The fraction of sp³-hybridized carbons (Fsp3) is 0.333. The van der Waals surface area contributed by atoms with Crippen molar-refractivity contribution in [3.63, 3.8) is 0 Å². The lowest BCUT2D eigenvalue weighted by atomic mass is 10.2. The number of aromatic nitrogens is 2. The molecule has 0 bridgehead atoms. The number of carbonyl (C=O) groups excluding carboxylic acids is 1. The number of carbonyl (C=O) groups is 1. The summed E-state index contributed by atoms with van der Waals surface area (Å²) in [6, 6.07) is 19.8. The summed E-state index contributed by atoms with van der Waals surface area (Å²) in [5, 5.41) is 10.6. The second-order valence-electron chi connectivity index (χ2n) is 7.66. The summed E-state index contributed by atoms with van der Waals surface area (Å²) in [7, 11) is 0. The molecule has 1 fully saturated rings. The molecule has 2 N–H and O–H groups in total. The number of benzene rings is 2. The molecule has 0 unspecified atom stereocenters. The Morgan fingerprint density at radius 2 is 1.71 bits per heavy atom. The molecule has 2 heterocycles. The first-order valence-corrected chi connectivity index (χ1v) is 10.9. The molecule has 1 saturated heterocycles. The first-order chi connectivity index (χ1) is 15.2. The Hall–Kier alpha value is -3.32. The van der Waals surface area contributed by atoms with Crippen molar-refractivity contribution in [1.29, 1.82) is 0 Å². The maximum Gasteiger partial charge on any atom is 0.319 e. The molecule has 0 saturated carbocycles. The highest BCUT2D eigenvalue weighted by Crippen LogP contribution is 2.26. The number of nitrogens with one attached hydrogen (secondary N) is 2. The molecule has 1 aliphatic rings. The highest BCUT2D eigenvalue weighted by atomic mass is 16.2. The number of likely N-dealkylation sites (N-methyl/N-ethyl adjacent to an activating group) is 1. The van der Waals surface area contributed by atoms with Gasteiger partial charge in [-0.3, -0.25) is 0 Å². The van der Waals surface area contributed by atoms with Gasteiger partial charge in [0.25, 0.3) is 0 Å². The van der Waals surface area contributed by atoms with Crippen LogP contribution in [-0.4, -0.2) is 60.0 Å². The number of anilines is 2. The fourth-order valence-corrected chi connectivity index (χ4v) is 3.85. The fourth-order valence-electron chi connectivity index (χ4n) is 3.85. The van der Waals surface area contributed by atoms with Crippen molar-refractivity contribution in [3.05, 3.63) is 72.6 Å². The van der Waals surface area contributed by atoms with Gasteiger partial charge in [0.05, 0.1) is 22.8 Å². The highest BCUT2D eigenvalue weighted by molar-refractivity contribution is 5.93. The molecule has 7 heteroatoms. The number of amides is 2. The predicted octanol–water partition coefficient (Wildman–Crippen LogP) is 3.38. The van der Waals surface area contributed by atoms with Crippen LogP contribution in [0.1, 0.15) is 12.6 Å². The molecule has 1 aliphatic heterocycles. The molecule has 2 amide bonds. The highest BCUT2D eigenvalue weighted by Gasteiger charge is 2.18. The van der Waals surface area contributed by atoms with Gasteiger partial charge in [0, 0.05) is 45.3 Å². The molecule has 162 valence electrons. The summed E-state index contributed by atoms with van der Waals surface area (Å²) < 4.78 is 1.85. The average Bonchev–Trinajstić information content (AvgIpc) is 3.29. The van der Waals surface area contributed by atoms with Crippen LogP contribution in [0.2, 0.25) is 0 Å². The van der Waals surface area contributed by atoms with Crippen LogP contribution in [-0.2, 0) is 6.42 Å².